The average molecular weight is 346 g/mol. The maximum absolute atomic E-state index is 11.9. The molecule has 0 unspecified atom stereocenters. The van der Waals surface area contributed by atoms with Gasteiger partial charge in [0, 0.05) is 6.54 Å². The molecule has 23 heavy (non-hydrogen) atoms. The predicted molar refractivity (Wildman–Crippen MR) is 95.2 cm³/mol. The van der Waals surface area contributed by atoms with Crippen LogP contribution in [0.5, 0.6) is 0 Å². The number of carbonyl (C=O) groups excluding carboxylic acids is 1. The van der Waals surface area contributed by atoms with Crippen molar-refractivity contribution in [2.75, 3.05) is 6.54 Å². The maximum Gasteiger partial charge on any atom is 0.261 e. The van der Waals surface area contributed by atoms with Gasteiger partial charge < -0.3 is 10.4 Å². The zero-order valence-electron chi connectivity index (χ0n) is 12.3. The smallest absolute Gasteiger partial charge is 0.261 e. The highest BCUT2D eigenvalue weighted by molar-refractivity contribution is 7.17. The monoisotopic (exact) mass is 345 g/mol. The molecule has 0 spiro atoms. The van der Waals surface area contributed by atoms with E-state index in [9.17, 15) is 9.90 Å². The van der Waals surface area contributed by atoms with Gasteiger partial charge in [0.15, 0.2) is 0 Å². The lowest BCUT2D eigenvalue weighted by molar-refractivity contribution is 0.0947. The Labute approximate surface area is 143 Å². The van der Waals surface area contributed by atoms with Crippen LogP contribution in [0.4, 0.5) is 0 Å². The number of benzene rings is 2. The fourth-order valence-electron chi connectivity index (χ4n) is 2.54. The van der Waals surface area contributed by atoms with Crippen molar-refractivity contribution >= 4 is 39.6 Å². The van der Waals surface area contributed by atoms with Crippen LogP contribution in [0.2, 0.25) is 4.34 Å². The van der Waals surface area contributed by atoms with Crippen molar-refractivity contribution in [3.8, 4) is 0 Å². The number of amides is 1. The summed E-state index contributed by atoms with van der Waals surface area (Å²) in [5.74, 6) is -0.160. The van der Waals surface area contributed by atoms with Gasteiger partial charge in [0.25, 0.3) is 5.91 Å². The van der Waals surface area contributed by atoms with E-state index in [0.717, 1.165) is 16.3 Å². The first-order valence-electron chi connectivity index (χ1n) is 7.34. The standard InChI is InChI=1S/C18H16ClNO2S/c19-17-9-8-16(23-17)18(22)20-11-10-15(21)14-7-3-5-12-4-1-2-6-13(12)14/h1-9,15,21H,10-11H2,(H,20,22)/t15-/m1/s1. The second-order valence-corrected chi connectivity index (χ2v) is 6.95. The molecule has 0 bridgehead atoms. The Morgan fingerprint density at radius 1 is 1.13 bits per heavy atom. The number of nitrogens with one attached hydrogen (secondary N) is 1. The lowest BCUT2D eigenvalue weighted by Crippen LogP contribution is -2.24. The number of carbonyl (C=O) groups is 1. The Morgan fingerprint density at radius 2 is 1.91 bits per heavy atom. The Hall–Kier alpha value is -1.88. The molecule has 1 aromatic heterocycles. The van der Waals surface area contributed by atoms with E-state index in [2.05, 4.69) is 5.32 Å². The number of aliphatic hydroxyl groups excluding tert-OH is 1. The van der Waals surface area contributed by atoms with E-state index in [1.54, 1.807) is 12.1 Å². The molecule has 3 rings (SSSR count). The van der Waals surface area contributed by atoms with Crippen molar-refractivity contribution in [3.63, 3.8) is 0 Å². The van der Waals surface area contributed by atoms with Crippen molar-refractivity contribution in [3.05, 3.63) is 69.4 Å². The van der Waals surface area contributed by atoms with Crippen LogP contribution >= 0.6 is 22.9 Å². The van der Waals surface area contributed by atoms with Gasteiger partial charge in [-0.05, 0) is 34.9 Å². The molecule has 2 aromatic carbocycles. The molecule has 0 fully saturated rings. The zero-order valence-corrected chi connectivity index (χ0v) is 13.9. The summed E-state index contributed by atoms with van der Waals surface area (Å²) < 4.78 is 0.589. The first-order chi connectivity index (χ1) is 11.1. The summed E-state index contributed by atoms with van der Waals surface area (Å²) in [5, 5.41) is 15.4. The van der Waals surface area contributed by atoms with E-state index in [1.165, 1.54) is 11.3 Å². The minimum Gasteiger partial charge on any atom is -0.388 e. The summed E-state index contributed by atoms with van der Waals surface area (Å²) in [6.45, 7) is 0.402. The van der Waals surface area contributed by atoms with Gasteiger partial charge in [0.05, 0.1) is 15.3 Å². The summed E-state index contributed by atoms with van der Waals surface area (Å²) in [6.07, 6.45) is -0.160. The molecule has 0 saturated heterocycles. The van der Waals surface area contributed by atoms with Gasteiger partial charge in [-0.3, -0.25) is 4.79 Å². The highest BCUT2D eigenvalue weighted by atomic mass is 35.5. The highest BCUT2D eigenvalue weighted by Crippen LogP contribution is 2.26. The molecule has 0 aliphatic rings. The second-order valence-electron chi connectivity index (χ2n) is 5.23. The summed E-state index contributed by atoms with van der Waals surface area (Å²) >= 11 is 7.07. The average Bonchev–Trinajstić information content (AvgIpc) is 3.00. The Balaban J connectivity index is 1.63. The predicted octanol–water partition coefficient (Wildman–Crippen LogP) is 4.41. The Kier molecular flexibility index (Phi) is 4.96. The zero-order chi connectivity index (χ0) is 16.2. The normalized spacial score (nSPS) is 12.3. The summed E-state index contributed by atoms with van der Waals surface area (Å²) in [5.41, 5.74) is 0.886. The van der Waals surface area contributed by atoms with Crippen molar-refractivity contribution in [1.29, 1.82) is 0 Å². The molecule has 0 aliphatic heterocycles. The molecule has 1 atom stereocenters. The van der Waals surface area contributed by atoms with Crippen LogP contribution in [0.15, 0.2) is 54.6 Å². The summed E-state index contributed by atoms with van der Waals surface area (Å²) in [6, 6.07) is 17.2. The molecule has 1 heterocycles. The fraction of sp³-hybridized carbons (Fsp3) is 0.167. The molecular weight excluding hydrogens is 330 g/mol. The number of aliphatic hydroxyl groups is 1. The molecule has 5 heteroatoms. The van der Waals surface area contributed by atoms with Crippen LogP contribution < -0.4 is 5.32 Å². The van der Waals surface area contributed by atoms with E-state index in [0.29, 0.717) is 22.2 Å². The highest BCUT2D eigenvalue weighted by Gasteiger charge is 2.13. The third-order valence-corrected chi connectivity index (χ3v) is 4.91. The van der Waals surface area contributed by atoms with Gasteiger partial charge in [0.1, 0.15) is 0 Å². The third-order valence-electron chi connectivity index (χ3n) is 3.68. The topological polar surface area (TPSA) is 49.3 Å². The lowest BCUT2D eigenvalue weighted by Gasteiger charge is -2.14. The molecule has 3 aromatic rings. The van der Waals surface area contributed by atoms with Gasteiger partial charge in [0.2, 0.25) is 0 Å². The van der Waals surface area contributed by atoms with E-state index < -0.39 is 6.10 Å². The van der Waals surface area contributed by atoms with E-state index in [4.69, 9.17) is 11.6 Å². The minimum atomic E-state index is -0.617. The van der Waals surface area contributed by atoms with Crippen LogP contribution in [0.3, 0.4) is 0 Å². The molecule has 0 saturated carbocycles. The van der Waals surface area contributed by atoms with Crippen LogP contribution in [0.1, 0.15) is 27.8 Å². The van der Waals surface area contributed by atoms with Gasteiger partial charge in [-0.15, -0.1) is 11.3 Å². The van der Waals surface area contributed by atoms with Crippen molar-refractivity contribution in [2.45, 2.75) is 12.5 Å². The second kappa shape index (κ2) is 7.13. The van der Waals surface area contributed by atoms with Crippen LogP contribution in [0, 0.1) is 0 Å². The molecule has 3 nitrogen and oxygen atoms in total. The molecule has 0 radical (unpaired) electrons. The molecule has 0 aliphatic carbocycles. The van der Waals surface area contributed by atoms with E-state index >= 15 is 0 Å². The number of fused-ring (bicyclic) bond motifs is 1. The van der Waals surface area contributed by atoms with Crippen molar-refractivity contribution in [2.24, 2.45) is 0 Å². The van der Waals surface area contributed by atoms with E-state index in [-0.39, 0.29) is 5.91 Å². The molecule has 118 valence electrons. The number of hydrogen-bond acceptors (Lipinski definition) is 3. The van der Waals surface area contributed by atoms with Gasteiger partial charge in [-0.25, -0.2) is 0 Å². The summed E-state index contributed by atoms with van der Waals surface area (Å²) in [7, 11) is 0. The van der Waals surface area contributed by atoms with Crippen LogP contribution in [-0.2, 0) is 0 Å². The van der Waals surface area contributed by atoms with E-state index in [1.807, 2.05) is 42.5 Å². The Bertz CT molecular complexity index is 825. The van der Waals surface area contributed by atoms with Crippen molar-refractivity contribution < 1.29 is 9.90 Å². The maximum atomic E-state index is 11.9. The Morgan fingerprint density at radius 3 is 2.70 bits per heavy atom. The SMILES string of the molecule is O=C(NCC[C@@H](O)c1cccc2ccccc12)c1ccc(Cl)s1. The van der Waals surface area contributed by atoms with Crippen LogP contribution in [-0.4, -0.2) is 17.6 Å². The van der Waals surface area contributed by atoms with Crippen molar-refractivity contribution in [1.82, 2.24) is 5.32 Å². The van der Waals surface area contributed by atoms with Gasteiger partial charge >= 0.3 is 0 Å². The lowest BCUT2D eigenvalue weighted by atomic mass is 9.99. The quantitative estimate of drug-likeness (QED) is 0.719. The van der Waals surface area contributed by atoms with Gasteiger partial charge in [-0.1, -0.05) is 54.1 Å². The molecule has 2 N–H and O–H groups in total. The third kappa shape index (κ3) is 3.72. The number of rotatable bonds is 5. The van der Waals surface area contributed by atoms with Gasteiger partial charge in [-0.2, -0.15) is 0 Å². The number of hydrogen-bond donors (Lipinski definition) is 2. The minimum absolute atomic E-state index is 0.160. The fourth-order valence-corrected chi connectivity index (χ4v) is 3.50. The molecule has 1 amide bonds. The first kappa shape index (κ1) is 16.0. The molecular formula is C18H16ClNO2S. The van der Waals surface area contributed by atoms with Crippen LogP contribution in [0.25, 0.3) is 10.8 Å². The largest absolute Gasteiger partial charge is 0.388 e. The number of halogens is 1. The number of thiophene rings is 1. The first-order valence-corrected chi connectivity index (χ1v) is 8.54. The summed E-state index contributed by atoms with van der Waals surface area (Å²) in [4.78, 5) is 12.5.